The van der Waals surface area contributed by atoms with Gasteiger partial charge >= 0.3 is 0 Å². The normalized spacial score (nSPS) is 19.6. The molecule has 3 aromatic rings. The number of fused-ring (bicyclic) bond motifs is 1. The summed E-state index contributed by atoms with van der Waals surface area (Å²) >= 11 is 6.24. The van der Waals surface area contributed by atoms with Crippen LogP contribution in [0.25, 0.3) is 5.76 Å². The van der Waals surface area contributed by atoms with Crippen molar-refractivity contribution in [3.63, 3.8) is 0 Å². The fraction of sp³-hybridized carbons (Fsp3) is 0.222. The Kier molecular flexibility index (Phi) is 5.51. The summed E-state index contributed by atoms with van der Waals surface area (Å²) in [6, 6.07) is 15.4. The topological polar surface area (TPSA) is 70.5 Å². The number of ketones is 1. The maximum Gasteiger partial charge on any atom is 0.300 e. The van der Waals surface area contributed by atoms with E-state index >= 15 is 0 Å². The Morgan fingerprint density at radius 3 is 2.58 bits per heavy atom. The first kappa shape index (κ1) is 21.4. The van der Waals surface area contributed by atoms with Gasteiger partial charge in [0.2, 0.25) is 0 Å². The third-order valence-electron chi connectivity index (χ3n) is 6.46. The van der Waals surface area contributed by atoms with E-state index in [1.54, 1.807) is 42.6 Å². The molecule has 33 heavy (non-hydrogen) atoms. The molecule has 0 bridgehead atoms. The minimum Gasteiger partial charge on any atom is -0.507 e. The highest BCUT2D eigenvalue weighted by molar-refractivity contribution is 6.52. The van der Waals surface area contributed by atoms with Crippen molar-refractivity contribution in [1.29, 1.82) is 0 Å². The van der Waals surface area contributed by atoms with Crippen molar-refractivity contribution >= 4 is 34.7 Å². The first-order chi connectivity index (χ1) is 16.0. The highest BCUT2D eigenvalue weighted by Gasteiger charge is 2.48. The summed E-state index contributed by atoms with van der Waals surface area (Å²) in [4.78, 5) is 32.4. The van der Waals surface area contributed by atoms with Crippen LogP contribution in [0.15, 0.2) is 66.4 Å². The van der Waals surface area contributed by atoms with Crippen molar-refractivity contribution in [1.82, 2.24) is 4.98 Å². The van der Waals surface area contributed by atoms with E-state index in [-0.39, 0.29) is 11.3 Å². The summed E-state index contributed by atoms with van der Waals surface area (Å²) in [6.45, 7) is 1.85. The number of hydrogen-bond acceptors (Lipinski definition) is 4. The number of aromatic nitrogens is 1. The Hall–Kier alpha value is -3.44. The molecule has 2 aromatic carbocycles. The number of aryl methyl sites for hydroxylation is 3. The number of nitrogens with zero attached hydrogens (tertiary/aromatic N) is 2. The highest BCUT2D eigenvalue weighted by atomic mass is 35.5. The first-order valence-corrected chi connectivity index (χ1v) is 11.4. The number of carbonyl (C=O) groups excluding carboxylic acids is 2. The van der Waals surface area contributed by atoms with E-state index in [4.69, 9.17) is 11.6 Å². The smallest absolute Gasteiger partial charge is 0.300 e. The highest BCUT2D eigenvalue weighted by Crippen LogP contribution is 2.43. The first-order valence-electron chi connectivity index (χ1n) is 11.1. The molecule has 1 saturated heterocycles. The van der Waals surface area contributed by atoms with Crippen molar-refractivity contribution in [3.8, 4) is 0 Å². The molecule has 2 heterocycles. The minimum atomic E-state index is -0.862. The van der Waals surface area contributed by atoms with Crippen LogP contribution in [0.5, 0.6) is 0 Å². The van der Waals surface area contributed by atoms with Gasteiger partial charge in [-0.15, -0.1) is 0 Å². The van der Waals surface area contributed by atoms with Crippen LogP contribution in [0.3, 0.4) is 0 Å². The molecule has 1 aromatic heterocycles. The molecule has 1 atom stereocenters. The molecule has 5 rings (SSSR count). The Morgan fingerprint density at radius 1 is 1.03 bits per heavy atom. The van der Waals surface area contributed by atoms with Gasteiger partial charge in [0.1, 0.15) is 11.8 Å². The van der Waals surface area contributed by atoms with Crippen molar-refractivity contribution in [2.45, 2.75) is 38.6 Å². The average molecular weight is 459 g/mol. The van der Waals surface area contributed by atoms with Crippen LogP contribution in [-0.2, 0) is 22.4 Å². The Bertz CT molecular complexity index is 1300. The van der Waals surface area contributed by atoms with Crippen LogP contribution in [0.2, 0.25) is 5.02 Å². The van der Waals surface area contributed by atoms with E-state index in [9.17, 15) is 14.7 Å². The standard InChI is InChI=1S/C27H23ClN2O3/c1-16-9-12-20(28)15-22(16)30-24(21-8-4-5-13-29-21)23(26(32)27(30)33)25(31)19-11-10-17-6-2-3-7-18(17)14-19/h4-5,8-15,24,31H,2-3,6-7H2,1H3/b25-23-. The quantitative estimate of drug-likeness (QED) is 0.317. The maximum absolute atomic E-state index is 13.3. The van der Waals surface area contributed by atoms with E-state index in [0.717, 1.165) is 31.2 Å². The predicted molar refractivity (Wildman–Crippen MR) is 128 cm³/mol. The lowest BCUT2D eigenvalue weighted by molar-refractivity contribution is -0.132. The number of benzene rings is 2. The largest absolute Gasteiger partial charge is 0.507 e. The maximum atomic E-state index is 13.3. The fourth-order valence-electron chi connectivity index (χ4n) is 4.78. The second kappa shape index (κ2) is 8.49. The number of carbonyl (C=O) groups is 2. The lowest BCUT2D eigenvalue weighted by Crippen LogP contribution is -2.30. The summed E-state index contributed by atoms with van der Waals surface area (Å²) < 4.78 is 0. The molecular formula is C27H23ClN2O3. The summed E-state index contributed by atoms with van der Waals surface area (Å²) in [5.74, 6) is -1.63. The predicted octanol–water partition coefficient (Wildman–Crippen LogP) is 5.55. The third-order valence-corrected chi connectivity index (χ3v) is 6.70. The van der Waals surface area contributed by atoms with Gasteiger partial charge in [-0.3, -0.25) is 19.5 Å². The zero-order valence-corrected chi connectivity index (χ0v) is 19.0. The van der Waals surface area contributed by atoms with Gasteiger partial charge in [-0.2, -0.15) is 0 Å². The molecule has 2 aliphatic rings. The van der Waals surface area contributed by atoms with Gasteiger partial charge < -0.3 is 5.11 Å². The van der Waals surface area contributed by atoms with E-state index in [0.29, 0.717) is 22.0 Å². The van der Waals surface area contributed by atoms with Crippen LogP contribution < -0.4 is 4.90 Å². The van der Waals surface area contributed by atoms with Crippen molar-refractivity contribution < 1.29 is 14.7 Å². The molecule has 1 unspecified atom stereocenters. The Morgan fingerprint density at radius 2 is 1.82 bits per heavy atom. The van der Waals surface area contributed by atoms with Crippen LogP contribution in [-0.4, -0.2) is 21.8 Å². The van der Waals surface area contributed by atoms with Gasteiger partial charge in [0.05, 0.1) is 11.3 Å². The second-order valence-corrected chi connectivity index (χ2v) is 8.98. The van der Waals surface area contributed by atoms with Gasteiger partial charge in [0.15, 0.2) is 0 Å². The van der Waals surface area contributed by atoms with E-state index in [2.05, 4.69) is 4.98 Å². The van der Waals surface area contributed by atoms with E-state index in [1.807, 2.05) is 25.1 Å². The summed E-state index contributed by atoms with van der Waals surface area (Å²) in [7, 11) is 0. The summed E-state index contributed by atoms with van der Waals surface area (Å²) in [5.41, 5.74) is 4.83. The van der Waals surface area contributed by atoms with Gasteiger partial charge in [0.25, 0.3) is 11.7 Å². The molecule has 0 saturated carbocycles. The SMILES string of the molecule is Cc1ccc(Cl)cc1N1C(=O)C(=O)/C(=C(\O)c2ccc3c(c2)CCCC3)C1c1ccccn1. The Labute approximate surface area is 197 Å². The number of rotatable bonds is 3. The number of aliphatic hydroxyl groups is 1. The molecule has 5 nitrogen and oxygen atoms in total. The zero-order valence-electron chi connectivity index (χ0n) is 18.2. The molecule has 0 spiro atoms. The van der Waals surface area contributed by atoms with E-state index in [1.165, 1.54) is 16.0 Å². The number of halogens is 1. The molecule has 1 aliphatic carbocycles. The van der Waals surface area contributed by atoms with Crippen LogP contribution >= 0.6 is 11.6 Å². The lowest BCUT2D eigenvalue weighted by atomic mass is 9.89. The molecule has 1 fully saturated rings. The van der Waals surface area contributed by atoms with Crippen molar-refractivity contribution in [3.05, 3.63) is 99.3 Å². The number of pyridine rings is 1. The number of hydrogen-bond donors (Lipinski definition) is 1. The van der Waals surface area contributed by atoms with Crippen LogP contribution in [0, 0.1) is 6.92 Å². The molecule has 1 N–H and O–H groups in total. The lowest BCUT2D eigenvalue weighted by Gasteiger charge is -2.26. The average Bonchev–Trinajstić information content (AvgIpc) is 3.10. The van der Waals surface area contributed by atoms with E-state index < -0.39 is 17.7 Å². The monoisotopic (exact) mass is 458 g/mol. The van der Waals surface area contributed by atoms with Gasteiger partial charge in [-0.25, -0.2) is 0 Å². The number of amides is 1. The fourth-order valence-corrected chi connectivity index (χ4v) is 4.94. The molecular weight excluding hydrogens is 436 g/mol. The van der Waals surface area contributed by atoms with Gasteiger partial charge in [0, 0.05) is 22.5 Å². The molecule has 1 amide bonds. The van der Waals surface area contributed by atoms with Crippen LogP contribution in [0.4, 0.5) is 5.69 Å². The second-order valence-electron chi connectivity index (χ2n) is 8.55. The van der Waals surface area contributed by atoms with Crippen LogP contribution in [0.1, 0.15) is 46.8 Å². The number of aliphatic hydroxyl groups excluding tert-OH is 1. The number of anilines is 1. The Balaban J connectivity index is 1.71. The van der Waals surface area contributed by atoms with Crippen molar-refractivity contribution in [2.24, 2.45) is 0 Å². The minimum absolute atomic E-state index is 0.0360. The zero-order chi connectivity index (χ0) is 23.1. The van der Waals surface area contributed by atoms with Crippen molar-refractivity contribution in [2.75, 3.05) is 4.90 Å². The molecule has 0 radical (unpaired) electrons. The molecule has 6 heteroatoms. The van der Waals surface area contributed by atoms with Gasteiger partial charge in [-0.1, -0.05) is 35.9 Å². The molecule has 166 valence electrons. The number of Topliss-reactive ketones (excluding diaryl/α,β-unsaturated/α-hetero) is 1. The molecule has 1 aliphatic heterocycles. The summed E-state index contributed by atoms with van der Waals surface area (Å²) in [5, 5.41) is 11.8. The third kappa shape index (κ3) is 3.72. The summed E-state index contributed by atoms with van der Waals surface area (Å²) in [6.07, 6.45) is 5.82. The van der Waals surface area contributed by atoms with Gasteiger partial charge in [-0.05, 0) is 79.6 Å².